The van der Waals surface area contributed by atoms with Gasteiger partial charge < -0.3 is 10.0 Å². The Balaban J connectivity index is 1.72. The Labute approximate surface area is 215 Å². The molecular weight excluding hydrogens is 544 g/mol. The van der Waals surface area contributed by atoms with E-state index >= 15 is 0 Å². The first-order valence-electron chi connectivity index (χ1n) is 10.5. The van der Waals surface area contributed by atoms with Crippen molar-refractivity contribution in [1.82, 2.24) is 4.31 Å². The van der Waals surface area contributed by atoms with Crippen LogP contribution in [0.25, 0.3) is 0 Å². The Morgan fingerprint density at radius 3 is 2.34 bits per heavy atom. The van der Waals surface area contributed by atoms with Crippen molar-refractivity contribution >= 4 is 50.2 Å². The zero-order valence-electron chi connectivity index (χ0n) is 18.3. The van der Waals surface area contributed by atoms with Crippen LogP contribution in [0.4, 0.5) is 18.9 Å². The molecule has 0 saturated carbocycles. The third-order valence-electron chi connectivity index (χ3n) is 6.06. The van der Waals surface area contributed by atoms with Gasteiger partial charge >= 0.3 is 6.18 Å². The van der Waals surface area contributed by atoms with Crippen molar-refractivity contribution in [1.29, 1.82) is 0 Å². The van der Waals surface area contributed by atoms with Crippen LogP contribution < -0.4 is 4.90 Å². The molecule has 2 aromatic carbocycles. The van der Waals surface area contributed by atoms with E-state index in [9.17, 15) is 26.7 Å². The normalized spacial score (nSPS) is 19.5. The maximum atomic E-state index is 13.3. The first-order chi connectivity index (χ1) is 16.3. The maximum Gasteiger partial charge on any atom is 0.421 e. The van der Waals surface area contributed by atoms with E-state index in [1.807, 2.05) is 4.90 Å². The van der Waals surface area contributed by atoms with Crippen LogP contribution in [-0.4, -0.2) is 43.6 Å². The molecule has 1 aliphatic heterocycles. The predicted molar refractivity (Wildman–Crippen MR) is 132 cm³/mol. The van der Waals surface area contributed by atoms with E-state index in [0.717, 1.165) is 11.3 Å². The predicted octanol–water partition coefficient (Wildman–Crippen LogP) is 6.08. The molecule has 0 spiro atoms. The summed E-state index contributed by atoms with van der Waals surface area (Å²) in [6.45, 7) is 1.18. The van der Waals surface area contributed by atoms with Gasteiger partial charge in [0.25, 0.3) is 10.0 Å². The van der Waals surface area contributed by atoms with Crippen molar-refractivity contribution in [3.63, 3.8) is 0 Å². The van der Waals surface area contributed by atoms with Crippen LogP contribution >= 0.6 is 34.5 Å². The van der Waals surface area contributed by atoms with Gasteiger partial charge in [0, 0.05) is 35.4 Å². The second-order valence-corrected chi connectivity index (χ2v) is 12.2. The number of thiophene rings is 1. The van der Waals surface area contributed by atoms with E-state index in [0.29, 0.717) is 28.2 Å². The second kappa shape index (κ2) is 9.57. The Morgan fingerprint density at radius 2 is 1.74 bits per heavy atom. The fourth-order valence-corrected chi connectivity index (χ4v) is 7.01. The Hall–Kier alpha value is -1.82. The monoisotopic (exact) mass is 564 g/mol. The average Bonchev–Trinajstić information content (AvgIpc) is 3.36. The second-order valence-electron chi connectivity index (χ2n) is 8.29. The maximum absolute atomic E-state index is 13.3. The minimum Gasteiger partial charge on any atom is -0.376 e. The number of sulfonamides is 1. The number of hydrogen-bond donors (Lipinski definition) is 1. The lowest BCUT2D eigenvalue weighted by molar-refractivity contribution is -0.258. The standard InChI is InChI=1S/C23H21Cl2F3N2O3S2/c1-22(31,23(26,27)28)15-4-7-17(8-5-15)30-11-10-29(35(32,33)21-3-2-12-34-21)14-20(30)18-13-16(24)6-9-19(18)25/h2-9,12-13,20,31H,10-11,14H2,1H3/t20-,22+/m1/s1. The fraction of sp³-hybridized carbons (Fsp3) is 0.304. The van der Waals surface area contributed by atoms with Gasteiger partial charge in [-0.05, 0) is 59.8 Å². The third kappa shape index (κ3) is 5.05. The fourth-order valence-electron chi connectivity index (χ4n) is 4.00. The summed E-state index contributed by atoms with van der Waals surface area (Å²) in [6.07, 6.45) is -4.84. The van der Waals surface area contributed by atoms with E-state index in [2.05, 4.69) is 0 Å². The van der Waals surface area contributed by atoms with E-state index in [4.69, 9.17) is 23.2 Å². The van der Waals surface area contributed by atoms with Crippen LogP contribution in [0.15, 0.2) is 64.2 Å². The van der Waals surface area contributed by atoms with E-state index in [1.165, 1.54) is 28.6 Å². The van der Waals surface area contributed by atoms with Crippen LogP contribution in [0.5, 0.6) is 0 Å². The smallest absolute Gasteiger partial charge is 0.376 e. The zero-order valence-corrected chi connectivity index (χ0v) is 21.5. The summed E-state index contributed by atoms with van der Waals surface area (Å²) in [4.78, 5) is 1.88. The molecule has 35 heavy (non-hydrogen) atoms. The summed E-state index contributed by atoms with van der Waals surface area (Å²) in [5.41, 5.74) is -2.16. The number of anilines is 1. The molecule has 0 amide bonds. The van der Waals surface area contributed by atoms with Gasteiger partial charge in [0.2, 0.25) is 0 Å². The van der Waals surface area contributed by atoms with Gasteiger partial charge in [-0.25, -0.2) is 8.42 Å². The summed E-state index contributed by atoms with van der Waals surface area (Å²) in [7, 11) is -3.74. The number of nitrogens with zero attached hydrogens (tertiary/aromatic N) is 2. The quantitative estimate of drug-likeness (QED) is 0.408. The number of aliphatic hydroxyl groups is 1. The van der Waals surface area contributed by atoms with Crippen molar-refractivity contribution in [2.45, 2.75) is 29.0 Å². The molecule has 4 rings (SSSR count). The van der Waals surface area contributed by atoms with Gasteiger partial charge in [0.1, 0.15) is 4.21 Å². The highest BCUT2D eigenvalue weighted by molar-refractivity contribution is 7.91. The Kier molecular flexibility index (Phi) is 7.18. The number of hydrogen-bond acceptors (Lipinski definition) is 5. The lowest BCUT2D eigenvalue weighted by Crippen LogP contribution is -2.50. The zero-order chi connectivity index (χ0) is 25.6. The molecular formula is C23H21Cl2F3N2O3S2. The van der Waals surface area contributed by atoms with Crippen molar-refractivity contribution in [3.05, 3.63) is 81.1 Å². The van der Waals surface area contributed by atoms with Crippen molar-refractivity contribution in [3.8, 4) is 0 Å². The van der Waals surface area contributed by atoms with Crippen molar-refractivity contribution in [2.24, 2.45) is 0 Å². The highest BCUT2D eigenvalue weighted by atomic mass is 35.5. The largest absolute Gasteiger partial charge is 0.421 e. The molecule has 0 bridgehead atoms. The molecule has 0 unspecified atom stereocenters. The van der Waals surface area contributed by atoms with Gasteiger partial charge in [0.05, 0.1) is 6.04 Å². The molecule has 1 aromatic heterocycles. The minimum atomic E-state index is -4.84. The van der Waals surface area contributed by atoms with Gasteiger partial charge in [-0.3, -0.25) is 0 Å². The molecule has 0 aliphatic carbocycles. The lowest BCUT2D eigenvalue weighted by atomic mass is 9.94. The summed E-state index contributed by atoms with van der Waals surface area (Å²) in [5, 5.41) is 12.5. The van der Waals surface area contributed by atoms with E-state index in [1.54, 1.807) is 35.7 Å². The van der Waals surface area contributed by atoms with Crippen molar-refractivity contribution < 1.29 is 26.7 Å². The van der Waals surface area contributed by atoms with Gasteiger partial charge in [-0.2, -0.15) is 17.5 Å². The summed E-state index contributed by atoms with van der Waals surface area (Å²) in [5.74, 6) is 0. The van der Waals surface area contributed by atoms with Gasteiger partial charge in [0.15, 0.2) is 5.60 Å². The van der Waals surface area contributed by atoms with Crippen molar-refractivity contribution in [2.75, 3.05) is 24.5 Å². The molecule has 5 nitrogen and oxygen atoms in total. The third-order valence-corrected chi connectivity index (χ3v) is 9.88. The summed E-state index contributed by atoms with van der Waals surface area (Å²) < 4.78 is 67.8. The number of halogens is 5. The van der Waals surface area contributed by atoms with Gasteiger partial charge in [-0.15, -0.1) is 11.3 Å². The first-order valence-corrected chi connectivity index (χ1v) is 13.5. The van der Waals surface area contributed by atoms with Crippen LogP contribution in [0.2, 0.25) is 10.0 Å². The topological polar surface area (TPSA) is 60.9 Å². The molecule has 188 valence electrons. The molecule has 0 radical (unpaired) electrons. The van der Waals surface area contributed by atoms with Crippen LogP contribution in [0.1, 0.15) is 24.1 Å². The highest BCUT2D eigenvalue weighted by Crippen LogP contribution is 2.41. The molecule has 1 fully saturated rings. The average molecular weight is 565 g/mol. The molecule has 2 atom stereocenters. The minimum absolute atomic E-state index is 0.0579. The van der Waals surface area contributed by atoms with E-state index in [-0.39, 0.29) is 29.4 Å². The number of piperazine rings is 1. The molecule has 1 saturated heterocycles. The summed E-state index contributed by atoms with van der Waals surface area (Å²) >= 11 is 13.8. The van der Waals surface area contributed by atoms with Gasteiger partial charge in [-0.1, -0.05) is 41.4 Å². The molecule has 1 N–H and O–H groups in total. The highest BCUT2D eigenvalue weighted by Gasteiger charge is 2.51. The Bertz CT molecular complexity index is 1300. The lowest BCUT2D eigenvalue weighted by Gasteiger charge is -2.42. The number of rotatable bonds is 5. The number of benzene rings is 2. The Morgan fingerprint density at radius 1 is 1.06 bits per heavy atom. The number of alkyl halides is 3. The van der Waals surface area contributed by atoms with E-state index < -0.39 is 27.8 Å². The summed E-state index contributed by atoms with van der Waals surface area (Å²) in [6, 6.07) is 12.9. The van der Waals surface area contributed by atoms with Crippen LogP contribution in [0.3, 0.4) is 0 Å². The van der Waals surface area contributed by atoms with Crippen LogP contribution in [0, 0.1) is 0 Å². The SMILES string of the molecule is C[C@](O)(c1ccc(N2CCN(S(=O)(=O)c3cccs3)C[C@@H]2c2cc(Cl)ccc2Cl)cc1)C(F)(F)F. The first kappa shape index (κ1) is 26.2. The molecule has 12 heteroatoms. The molecule has 1 aliphatic rings. The molecule has 3 aromatic rings. The van der Waals surface area contributed by atoms with Crippen LogP contribution in [-0.2, 0) is 15.6 Å². The molecule has 2 heterocycles.